The molecule has 3 aromatic carbocycles. The average molecular weight is 304 g/mol. The Bertz CT molecular complexity index is 962. The van der Waals surface area contributed by atoms with Gasteiger partial charge in [0.05, 0.1) is 4.90 Å². The normalized spacial score (nSPS) is 11.3. The van der Waals surface area contributed by atoms with Gasteiger partial charge in [-0.2, -0.15) is 0 Å². The minimum Gasteiger partial charge on any atom is -0.744 e. The van der Waals surface area contributed by atoms with Crippen LogP contribution in [-0.4, -0.2) is 13.0 Å². The predicted molar refractivity (Wildman–Crippen MR) is 83.3 cm³/mol. The van der Waals surface area contributed by atoms with Crippen LogP contribution in [0.15, 0.2) is 66.1 Å². The van der Waals surface area contributed by atoms with Crippen LogP contribution in [0.5, 0.6) is 0 Å². The van der Waals surface area contributed by atoms with Gasteiger partial charge in [-0.15, -0.1) is 6.58 Å². The van der Waals surface area contributed by atoms with Gasteiger partial charge >= 0.3 is 18.9 Å². The molecule has 0 aliphatic rings. The number of benzene rings is 3. The van der Waals surface area contributed by atoms with Crippen LogP contribution >= 0.6 is 0 Å². The SMILES string of the molecule is C=CCc1ccc2cc3ccccc3cc2c1S(=O)(=O)[O-].[Li+]. The van der Waals surface area contributed by atoms with Crippen LogP contribution in [0.4, 0.5) is 0 Å². The van der Waals surface area contributed by atoms with E-state index in [1.807, 2.05) is 36.4 Å². The minimum atomic E-state index is -4.55. The Kier molecular flexibility index (Phi) is 4.79. The maximum absolute atomic E-state index is 11.7. The molecule has 3 rings (SSSR count). The van der Waals surface area contributed by atoms with Crippen LogP contribution in [0.2, 0.25) is 0 Å². The first kappa shape index (κ1) is 16.8. The zero-order valence-electron chi connectivity index (χ0n) is 12.2. The summed E-state index contributed by atoms with van der Waals surface area (Å²) in [5.74, 6) is 0. The summed E-state index contributed by atoms with van der Waals surface area (Å²) in [6.07, 6.45) is 1.94. The number of rotatable bonds is 3. The molecule has 5 heteroatoms. The molecule has 0 amide bonds. The maximum atomic E-state index is 11.7. The molecule has 0 atom stereocenters. The van der Waals surface area contributed by atoms with Crippen LogP contribution in [0.3, 0.4) is 0 Å². The summed E-state index contributed by atoms with van der Waals surface area (Å²) in [7, 11) is -4.55. The first-order valence-corrected chi connectivity index (χ1v) is 7.93. The fourth-order valence-electron chi connectivity index (χ4n) is 2.64. The molecular weight excluding hydrogens is 291 g/mol. The molecule has 22 heavy (non-hydrogen) atoms. The van der Waals surface area contributed by atoms with Crippen molar-refractivity contribution in [2.24, 2.45) is 0 Å². The summed E-state index contributed by atoms with van der Waals surface area (Å²) in [5.41, 5.74) is 0.489. The third kappa shape index (κ3) is 2.97. The molecule has 0 aliphatic heterocycles. The zero-order chi connectivity index (χ0) is 15.0. The molecular formula is C17H13LiO3S. The molecule has 0 unspecified atom stereocenters. The first-order chi connectivity index (χ1) is 10.0. The van der Waals surface area contributed by atoms with E-state index < -0.39 is 10.1 Å². The van der Waals surface area contributed by atoms with Gasteiger partial charge in [-0.1, -0.05) is 42.5 Å². The fraction of sp³-hybridized carbons (Fsp3) is 0.0588. The van der Waals surface area contributed by atoms with E-state index in [1.54, 1.807) is 18.2 Å². The molecule has 0 aliphatic carbocycles. The second-order valence-electron chi connectivity index (χ2n) is 4.92. The van der Waals surface area contributed by atoms with Crippen LogP contribution < -0.4 is 18.9 Å². The van der Waals surface area contributed by atoms with Crippen molar-refractivity contribution in [2.45, 2.75) is 11.3 Å². The fourth-order valence-corrected chi connectivity index (χ4v) is 3.56. The standard InChI is InChI=1S/C17H14O3S.Li/c1-2-5-12-8-9-15-10-13-6-3-4-7-14(13)11-16(15)17(12)21(18,19)20;/h2-4,6-11H,1,5H2,(H,18,19,20);/q;+1/p-1. The topological polar surface area (TPSA) is 57.2 Å². The summed E-state index contributed by atoms with van der Waals surface area (Å²) in [4.78, 5) is -0.134. The van der Waals surface area contributed by atoms with E-state index in [0.29, 0.717) is 17.4 Å². The Morgan fingerprint density at radius 1 is 1.00 bits per heavy atom. The van der Waals surface area contributed by atoms with Crippen molar-refractivity contribution in [3.8, 4) is 0 Å². The van der Waals surface area contributed by atoms with E-state index in [4.69, 9.17) is 0 Å². The smallest absolute Gasteiger partial charge is 0.744 e. The van der Waals surface area contributed by atoms with Crippen LogP contribution in [0, 0.1) is 0 Å². The van der Waals surface area contributed by atoms with Crippen molar-refractivity contribution in [1.29, 1.82) is 0 Å². The number of fused-ring (bicyclic) bond motifs is 2. The molecule has 0 saturated carbocycles. The van der Waals surface area contributed by atoms with Gasteiger partial charge in [-0.05, 0) is 40.3 Å². The molecule has 0 bridgehead atoms. The van der Waals surface area contributed by atoms with Crippen molar-refractivity contribution in [3.05, 3.63) is 66.7 Å². The van der Waals surface area contributed by atoms with Crippen LogP contribution in [0.25, 0.3) is 21.5 Å². The van der Waals surface area contributed by atoms with Crippen molar-refractivity contribution in [2.75, 3.05) is 0 Å². The van der Waals surface area contributed by atoms with Gasteiger partial charge in [0, 0.05) is 5.39 Å². The van der Waals surface area contributed by atoms with Crippen molar-refractivity contribution in [1.82, 2.24) is 0 Å². The Hall–Kier alpha value is -1.57. The van der Waals surface area contributed by atoms with E-state index in [-0.39, 0.29) is 23.8 Å². The summed E-state index contributed by atoms with van der Waals surface area (Å²) in [5, 5.41) is 3.14. The second-order valence-corrected chi connectivity index (χ2v) is 6.24. The molecule has 3 nitrogen and oxygen atoms in total. The monoisotopic (exact) mass is 304 g/mol. The van der Waals surface area contributed by atoms with Crippen molar-refractivity contribution >= 4 is 31.7 Å². The Labute approximate surface area is 141 Å². The number of allylic oxidation sites excluding steroid dienone is 1. The van der Waals surface area contributed by atoms with E-state index in [0.717, 1.165) is 16.2 Å². The van der Waals surface area contributed by atoms with Gasteiger partial charge in [0.2, 0.25) is 0 Å². The van der Waals surface area contributed by atoms with Crippen LogP contribution in [0.1, 0.15) is 5.56 Å². The zero-order valence-corrected chi connectivity index (χ0v) is 13.1. The van der Waals surface area contributed by atoms with Gasteiger partial charge in [-0.25, -0.2) is 8.42 Å². The molecule has 0 saturated heterocycles. The first-order valence-electron chi connectivity index (χ1n) is 6.52. The van der Waals surface area contributed by atoms with E-state index in [1.165, 1.54) is 0 Å². The molecule has 0 radical (unpaired) electrons. The summed E-state index contributed by atoms with van der Waals surface area (Å²) in [6, 6.07) is 14.9. The molecule has 0 heterocycles. The van der Waals surface area contributed by atoms with Gasteiger partial charge in [0.15, 0.2) is 0 Å². The Morgan fingerprint density at radius 3 is 2.23 bits per heavy atom. The van der Waals surface area contributed by atoms with Crippen LogP contribution in [-0.2, 0) is 16.5 Å². The van der Waals surface area contributed by atoms with Gasteiger partial charge in [-0.3, -0.25) is 0 Å². The van der Waals surface area contributed by atoms with Crippen molar-refractivity contribution in [3.63, 3.8) is 0 Å². The Morgan fingerprint density at radius 2 is 1.64 bits per heavy atom. The third-order valence-electron chi connectivity index (χ3n) is 3.53. The van der Waals surface area contributed by atoms with E-state index in [9.17, 15) is 13.0 Å². The van der Waals surface area contributed by atoms with Crippen molar-refractivity contribution < 1.29 is 31.8 Å². The number of hydrogen-bond acceptors (Lipinski definition) is 3. The third-order valence-corrected chi connectivity index (χ3v) is 4.51. The summed E-state index contributed by atoms with van der Waals surface area (Å²) >= 11 is 0. The largest absolute Gasteiger partial charge is 1.00 e. The second kappa shape index (κ2) is 6.27. The average Bonchev–Trinajstić information content (AvgIpc) is 2.44. The van der Waals surface area contributed by atoms with E-state index >= 15 is 0 Å². The molecule has 0 spiro atoms. The molecule has 0 N–H and O–H groups in total. The Balaban J connectivity index is 0.00000176. The molecule has 0 fully saturated rings. The quantitative estimate of drug-likeness (QED) is 0.309. The summed E-state index contributed by atoms with van der Waals surface area (Å²) < 4.78 is 35.1. The van der Waals surface area contributed by atoms with E-state index in [2.05, 4.69) is 6.58 Å². The molecule has 0 aromatic heterocycles. The van der Waals surface area contributed by atoms with Gasteiger partial charge < -0.3 is 4.55 Å². The maximum Gasteiger partial charge on any atom is 1.00 e. The molecule has 106 valence electrons. The van der Waals surface area contributed by atoms with Gasteiger partial charge in [0.1, 0.15) is 10.1 Å². The number of hydrogen-bond donors (Lipinski definition) is 0. The van der Waals surface area contributed by atoms with Gasteiger partial charge in [0.25, 0.3) is 0 Å². The minimum absolute atomic E-state index is 0. The summed E-state index contributed by atoms with van der Waals surface area (Å²) in [6.45, 7) is 3.61. The molecule has 3 aromatic rings. The predicted octanol–water partition coefficient (Wildman–Crippen LogP) is 0.630.